The molecule has 1 aromatic carbocycles. The van der Waals surface area contributed by atoms with Gasteiger partial charge in [-0.1, -0.05) is 31.2 Å². The van der Waals surface area contributed by atoms with Crippen LogP contribution in [-0.4, -0.2) is 34.0 Å². The summed E-state index contributed by atoms with van der Waals surface area (Å²) in [4.78, 5) is 11.9. The normalized spacial score (nSPS) is 12.0. The fourth-order valence-electron chi connectivity index (χ4n) is 2.68. The van der Waals surface area contributed by atoms with Gasteiger partial charge in [0.2, 0.25) is 0 Å². The smallest absolute Gasteiger partial charge is 0.314 e. The molecule has 1 unspecified atom stereocenters. The maximum atomic E-state index is 11.9. The van der Waals surface area contributed by atoms with Gasteiger partial charge in [0.05, 0.1) is 12.3 Å². The number of aliphatic hydroxyl groups excluding tert-OH is 1. The maximum absolute atomic E-state index is 11.9. The third kappa shape index (κ3) is 6.23. The first-order valence-corrected chi connectivity index (χ1v) is 8.69. The quantitative estimate of drug-likeness (QED) is 0.687. The van der Waals surface area contributed by atoms with Crippen LogP contribution in [0.4, 0.5) is 4.79 Å². The number of aryl methyl sites for hydroxylation is 2. The van der Waals surface area contributed by atoms with Gasteiger partial charge in [0.15, 0.2) is 0 Å². The Hall–Kier alpha value is -2.34. The van der Waals surface area contributed by atoms with Gasteiger partial charge in [0.25, 0.3) is 0 Å². The summed E-state index contributed by atoms with van der Waals surface area (Å²) in [5.74, 6) is 0.301. The van der Waals surface area contributed by atoms with E-state index in [-0.39, 0.29) is 12.6 Å². The Bertz CT molecular complexity index is 679. The highest BCUT2D eigenvalue weighted by molar-refractivity contribution is 5.73. The van der Waals surface area contributed by atoms with Crippen LogP contribution >= 0.6 is 0 Å². The largest absolute Gasteiger partial charge is 0.392 e. The molecule has 25 heavy (non-hydrogen) atoms. The molecule has 2 aromatic rings. The van der Waals surface area contributed by atoms with E-state index in [1.807, 2.05) is 42.8 Å². The molecule has 0 saturated heterocycles. The van der Waals surface area contributed by atoms with Crippen LogP contribution in [0.25, 0.3) is 0 Å². The number of amides is 2. The second-order valence-corrected chi connectivity index (χ2v) is 6.58. The molecule has 2 rings (SSSR count). The van der Waals surface area contributed by atoms with Crippen molar-refractivity contribution in [3.05, 3.63) is 52.8 Å². The summed E-state index contributed by atoms with van der Waals surface area (Å²) >= 11 is 0. The lowest BCUT2D eigenvalue weighted by molar-refractivity contribution is 0.238. The van der Waals surface area contributed by atoms with E-state index in [1.165, 1.54) is 0 Å². The topological polar surface area (TPSA) is 79.2 Å². The Morgan fingerprint density at radius 1 is 1.20 bits per heavy atom. The van der Waals surface area contributed by atoms with Crippen molar-refractivity contribution >= 4 is 6.03 Å². The van der Waals surface area contributed by atoms with Gasteiger partial charge in [-0.05, 0) is 43.4 Å². The lowest BCUT2D eigenvalue weighted by atomic mass is 10.1. The highest BCUT2D eigenvalue weighted by Gasteiger charge is 2.08. The molecule has 0 aliphatic heterocycles. The molecular formula is C19H28N4O2. The van der Waals surface area contributed by atoms with E-state index in [9.17, 15) is 4.79 Å². The summed E-state index contributed by atoms with van der Waals surface area (Å²) in [6.45, 7) is 8.15. The van der Waals surface area contributed by atoms with Crippen LogP contribution < -0.4 is 10.6 Å². The SMILES string of the molecule is Cc1cc(C)n(CC(C)CNC(=O)NCCc2ccc(CO)cc2)n1. The number of hydrogen-bond donors (Lipinski definition) is 3. The van der Waals surface area contributed by atoms with Gasteiger partial charge in [-0.25, -0.2) is 4.79 Å². The number of benzene rings is 1. The molecule has 136 valence electrons. The van der Waals surface area contributed by atoms with Crippen molar-refractivity contribution in [2.24, 2.45) is 5.92 Å². The van der Waals surface area contributed by atoms with Crippen molar-refractivity contribution in [3.63, 3.8) is 0 Å². The van der Waals surface area contributed by atoms with Gasteiger partial charge >= 0.3 is 6.03 Å². The number of rotatable bonds is 8. The average Bonchev–Trinajstić information content (AvgIpc) is 2.91. The third-order valence-electron chi connectivity index (χ3n) is 4.10. The molecular weight excluding hydrogens is 316 g/mol. The minimum absolute atomic E-state index is 0.0523. The standard InChI is InChI=1S/C19H28N4O2/c1-14(12-23-16(3)10-15(2)22-23)11-21-19(25)20-9-8-17-4-6-18(13-24)7-5-17/h4-7,10,14,24H,8-9,11-13H2,1-3H3,(H2,20,21,25). The van der Waals surface area contributed by atoms with E-state index in [0.29, 0.717) is 19.0 Å². The van der Waals surface area contributed by atoms with E-state index in [2.05, 4.69) is 28.7 Å². The van der Waals surface area contributed by atoms with Gasteiger partial charge in [-0.2, -0.15) is 5.10 Å². The number of carbonyl (C=O) groups excluding carboxylic acids is 1. The number of hydrogen-bond acceptors (Lipinski definition) is 3. The van der Waals surface area contributed by atoms with Crippen LogP contribution in [-0.2, 0) is 19.6 Å². The second-order valence-electron chi connectivity index (χ2n) is 6.58. The van der Waals surface area contributed by atoms with E-state index < -0.39 is 0 Å². The van der Waals surface area contributed by atoms with Crippen LogP contribution in [0.15, 0.2) is 30.3 Å². The summed E-state index contributed by atoms with van der Waals surface area (Å²) in [5.41, 5.74) is 4.19. The van der Waals surface area contributed by atoms with Gasteiger partial charge in [0.1, 0.15) is 0 Å². The summed E-state index contributed by atoms with van der Waals surface area (Å²) < 4.78 is 1.98. The monoisotopic (exact) mass is 344 g/mol. The van der Waals surface area contributed by atoms with Crippen LogP contribution in [0.3, 0.4) is 0 Å². The summed E-state index contributed by atoms with van der Waals surface area (Å²) in [6.07, 6.45) is 0.764. The molecule has 1 atom stereocenters. The highest BCUT2D eigenvalue weighted by atomic mass is 16.3. The van der Waals surface area contributed by atoms with Gasteiger partial charge in [-0.15, -0.1) is 0 Å². The van der Waals surface area contributed by atoms with Crippen molar-refractivity contribution in [1.29, 1.82) is 0 Å². The minimum Gasteiger partial charge on any atom is -0.392 e. The molecule has 0 aliphatic rings. The summed E-state index contributed by atoms with van der Waals surface area (Å²) in [5, 5.41) is 19.2. The Balaban J connectivity index is 1.65. The van der Waals surface area contributed by atoms with Crippen molar-refractivity contribution in [3.8, 4) is 0 Å². The minimum atomic E-state index is -0.146. The van der Waals surface area contributed by atoms with E-state index in [4.69, 9.17) is 5.11 Å². The van der Waals surface area contributed by atoms with Crippen LogP contribution in [0.1, 0.15) is 29.4 Å². The average molecular weight is 344 g/mol. The molecule has 1 heterocycles. The molecule has 1 aromatic heterocycles. The van der Waals surface area contributed by atoms with Crippen molar-refractivity contribution < 1.29 is 9.90 Å². The fourth-order valence-corrected chi connectivity index (χ4v) is 2.68. The fraction of sp³-hybridized carbons (Fsp3) is 0.474. The van der Waals surface area contributed by atoms with Crippen molar-refractivity contribution in [1.82, 2.24) is 20.4 Å². The molecule has 0 spiro atoms. The first-order valence-electron chi connectivity index (χ1n) is 8.69. The zero-order valence-corrected chi connectivity index (χ0v) is 15.2. The Labute approximate surface area is 149 Å². The van der Waals surface area contributed by atoms with Gasteiger partial charge in [0, 0.05) is 25.3 Å². The summed E-state index contributed by atoms with van der Waals surface area (Å²) in [7, 11) is 0. The highest BCUT2D eigenvalue weighted by Crippen LogP contribution is 2.06. The molecule has 0 bridgehead atoms. The molecule has 0 radical (unpaired) electrons. The lowest BCUT2D eigenvalue weighted by Crippen LogP contribution is -2.39. The van der Waals surface area contributed by atoms with Gasteiger partial charge < -0.3 is 15.7 Å². The first kappa shape index (κ1) is 19.0. The van der Waals surface area contributed by atoms with Crippen molar-refractivity contribution in [2.75, 3.05) is 13.1 Å². The predicted octanol–water partition coefficient (Wildman–Crippen LogP) is 2.17. The number of aromatic nitrogens is 2. The molecule has 0 fully saturated rings. The number of urea groups is 1. The number of nitrogens with zero attached hydrogens (tertiary/aromatic N) is 2. The van der Waals surface area contributed by atoms with E-state index in [0.717, 1.165) is 35.5 Å². The number of aliphatic hydroxyl groups is 1. The van der Waals surface area contributed by atoms with Crippen LogP contribution in [0.2, 0.25) is 0 Å². The lowest BCUT2D eigenvalue weighted by Gasteiger charge is -2.14. The molecule has 6 heteroatoms. The number of nitrogens with one attached hydrogen (secondary N) is 2. The third-order valence-corrected chi connectivity index (χ3v) is 4.10. The number of carbonyl (C=O) groups is 1. The molecule has 0 aliphatic carbocycles. The molecule has 3 N–H and O–H groups in total. The zero-order valence-electron chi connectivity index (χ0n) is 15.2. The zero-order chi connectivity index (χ0) is 18.2. The van der Waals surface area contributed by atoms with Crippen LogP contribution in [0, 0.1) is 19.8 Å². The Kier molecular flexibility index (Phi) is 7.01. The predicted molar refractivity (Wildman–Crippen MR) is 98.3 cm³/mol. The molecule has 6 nitrogen and oxygen atoms in total. The second kappa shape index (κ2) is 9.22. The first-order chi connectivity index (χ1) is 12.0. The summed E-state index contributed by atoms with van der Waals surface area (Å²) in [6, 6.07) is 9.65. The van der Waals surface area contributed by atoms with E-state index in [1.54, 1.807) is 0 Å². The van der Waals surface area contributed by atoms with Gasteiger partial charge in [-0.3, -0.25) is 4.68 Å². The Morgan fingerprint density at radius 3 is 2.48 bits per heavy atom. The van der Waals surface area contributed by atoms with Crippen molar-refractivity contribution in [2.45, 2.75) is 40.3 Å². The Morgan fingerprint density at radius 2 is 1.88 bits per heavy atom. The maximum Gasteiger partial charge on any atom is 0.314 e. The van der Waals surface area contributed by atoms with E-state index >= 15 is 0 Å². The molecule has 0 saturated carbocycles. The van der Waals surface area contributed by atoms with Crippen LogP contribution in [0.5, 0.6) is 0 Å². The molecule has 2 amide bonds.